The van der Waals surface area contributed by atoms with Gasteiger partial charge in [-0.2, -0.15) is 5.26 Å². The summed E-state index contributed by atoms with van der Waals surface area (Å²) >= 11 is 5.79. The molecule has 14 heavy (non-hydrogen) atoms. The molecule has 1 aromatic heterocycles. The zero-order valence-corrected chi connectivity index (χ0v) is 8.16. The minimum Gasteiger partial charge on any atom is -0.381 e. The molecule has 0 N–H and O–H groups in total. The van der Waals surface area contributed by atoms with E-state index in [1.807, 2.05) is 6.07 Å². The summed E-state index contributed by atoms with van der Waals surface area (Å²) < 4.78 is 5.22. The summed E-state index contributed by atoms with van der Waals surface area (Å²) in [6.07, 6.45) is 2.38. The van der Waals surface area contributed by atoms with Gasteiger partial charge in [-0.1, -0.05) is 11.6 Å². The third-order valence-corrected chi connectivity index (χ3v) is 2.46. The normalized spacial score (nSPS) is 20.7. The van der Waals surface area contributed by atoms with E-state index in [2.05, 4.69) is 9.97 Å². The highest BCUT2D eigenvalue weighted by Crippen LogP contribution is 2.23. The van der Waals surface area contributed by atoms with Crippen molar-refractivity contribution in [1.29, 1.82) is 5.26 Å². The first-order chi connectivity index (χ1) is 6.81. The largest absolute Gasteiger partial charge is 0.381 e. The number of hydrogen-bond acceptors (Lipinski definition) is 4. The molecule has 1 unspecified atom stereocenters. The molecule has 5 heteroatoms. The van der Waals surface area contributed by atoms with Crippen molar-refractivity contribution in [2.75, 3.05) is 13.2 Å². The van der Waals surface area contributed by atoms with Crippen molar-refractivity contribution in [3.63, 3.8) is 0 Å². The second-order valence-electron chi connectivity index (χ2n) is 3.11. The summed E-state index contributed by atoms with van der Waals surface area (Å²) in [4.78, 5) is 8.17. The lowest BCUT2D eigenvalue weighted by molar-refractivity contribution is 0.193. The van der Waals surface area contributed by atoms with E-state index in [4.69, 9.17) is 21.6 Å². The molecule has 0 saturated carbocycles. The summed E-state index contributed by atoms with van der Waals surface area (Å²) in [7, 11) is 0. The number of ether oxygens (including phenoxy) is 1. The fourth-order valence-electron chi connectivity index (χ4n) is 1.38. The van der Waals surface area contributed by atoms with Gasteiger partial charge in [0.1, 0.15) is 17.5 Å². The Morgan fingerprint density at radius 2 is 2.50 bits per heavy atom. The summed E-state index contributed by atoms with van der Waals surface area (Å²) in [6.45, 7) is 1.38. The number of rotatable bonds is 1. The zero-order valence-electron chi connectivity index (χ0n) is 7.40. The molecule has 0 bridgehead atoms. The van der Waals surface area contributed by atoms with Crippen LogP contribution in [-0.4, -0.2) is 23.2 Å². The predicted octanol–water partition coefficient (Wildman–Crippen LogP) is 1.51. The van der Waals surface area contributed by atoms with E-state index in [9.17, 15) is 0 Å². The maximum Gasteiger partial charge on any atom is 0.150 e. The van der Waals surface area contributed by atoms with E-state index in [1.54, 1.807) is 0 Å². The van der Waals surface area contributed by atoms with Gasteiger partial charge in [0.2, 0.25) is 0 Å². The second-order valence-corrected chi connectivity index (χ2v) is 3.46. The average molecular weight is 210 g/mol. The number of nitriles is 1. The summed E-state index contributed by atoms with van der Waals surface area (Å²) in [5.41, 5.74) is 0.314. The van der Waals surface area contributed by atoms with Crippen LogP contribution in [0.5, 0.6) is 0 Å². The first kappa shape index (κ1) is 9.38. The van der Waals surface area contributed by atoms with Gasteiger partial charge in [-0.15, -0.1) is 0 Å². The second kappa shape index (κ2) is 3.91. The van der Waals surface area contributed by atoms with Gasteiger partial charge in [0.05, 0.1) is 6.61 Å². The number of nitrogens with zero attached hydrogens (tertiary/aromatic N) is 3. The minimum atomic E-state index is 0.222. The van der Waals surface area contributed by atoms with Crippen LogP contribution >= 0.6 is 11.6 Å². The van der Waals surface area contributed by atoms with Gasteiger partial charge in [0, 0.05) is 18.7 Å². The molecule has 2 rings (SSSR count). The number of halogens is 1. The van der Waals surface area contributed by atoms with Gasteiger partial charge in [-0.3, -0.25) is 0 Å². The molecule has 0 radical (unpaired) electrons. The van der Waals surface area contributed by atoms with E-state index in [-0.39, 0.29) is 11.1 Å². The molecule has 1 fully saturated rings. The molecule has 72 valence electrons. The van der Waals surface area contributed by atoms with Gasteiger partial charge in [0.15, 0.2) is 5.15 Å². The smallest absolute Gasteiger partial charge is 0.150 e. The van der Waals surface area contributed by atoms with Crippen molar-refractivity contribution >= 4 is 11.6 Å². The van der Waals surface area contributed by atoms with Gasteiger partial charge in [0.25, 0.3) is 0 Å². The first-order valence-corrected chi connectivity index (χ1v) is 4.69. The van der Waals surface area contributed by atoms with E-state index in [0.29, 0.717) is 18.0 Å². The quantitative estimate of drug-likeness (QED) is 0.658. The lowest BCUT2D eigenvalue weighted by Gasteiger charge is -2.05. The van der Waals surface area contributed by atoms with Crippen molar-refractivity contribution in [3.05, 3.63) is 22.7 Å². The molecule has 1 aliphatic heterocycles. The number of hydrogen-bond donors (Lipinski definition) is 0. The minimum absolute atomic E-state index is 0.222. The van der Waals surface area contributed by atoms with Crippen LogP contribution in [-0.2, 0) is 4.74 Å². The van der Waals surface area contributed by atoms with Crippen molar-refractivity contribution in [2.24, 2.45) is 0 Å². The van der Waals surface area contributed by atoms with Crippen LogP contribution < -0.4 is 0 Å². The molecule has 0 amide bonds. The van der Waals surface area contributed by atoms with Crippen LogP contribution in [0.2, 0.25) is 5.15 Å². The molecule has 4 nitrogen and oxygen atoms in total. The highest BCUT2D eigenvalue weighted by Gasteiger charge is 2.21. The Kier molecular flexibility index (Phi) is 2.62. The Labute approximate surface area is 86.5 Å². The van der Waals surface area contributed by atoms with E-state index < -0.39 is 0 Å². The summed E-state index contributed by atoms with van der Waals surface area (Å²) in [5, 5.41) is 8.86. The third kappa shape index (κ3) is 1.69. The monoisotopic (exact) mass is 209 g/mol. The van der Waals surface area contributed by atoms with Crippen LogP contribution in [0.1, 0.15) is 23.7 Å². The molecule has 1 saturated heterocycles. The van der Waals surface area contributed by atoms with Crippen molar-refractivity contribution in [2.45, 2.75) is 12.3 Å². The lowest BCUT2D eigenvalue weighted by Crippen LogP contribution is -2.04. The predicted molar refractivity (Wildman–Crippen MR) is 49.9 cm³/mol. The summed E-state index contributed by atoms with van der Waals surface area (Å²) in [6, 6.07) is 1.92. The molecule has 2 heterocycles. The first-order valence-electron chi connectivity index (χ1n) is 4.31. The van der Waals surface area contributed by atoms with Crippen LogP contribution in [0.3, 0.4) is 0 Å². The molecule has 1 aliphatic rings. The Hall–Kier alpha value is -1.18. The van der Waals surface area contributed by atoms with Crippen LogP contribution in [0.4, 0.5) is 0 Å². The van der Waals surface area contributed by atoms with E-state index in [0.717, 1.165) is 13.0 Å². The molecular weight excluding hydrogens is 202 g/mol. The lowest BCUT2D eigenvalue weighted by atomic mass is 10.1. The highest BCUT2D eigenvalue weighted by atomic mass is 35.5. The molecular formula is C9H8ClN3O. The Morgan fingerprint density at radius 3 is 3.07 bits per heavy atom. The standard InChI is InChI=1S/C9H8ClN3O/c10-8-7(3-11)4-12-9(13-8)6-1-2-14-5-6/h4,6H,1-2,5H2. The Balaban J connectivity index is 2.28. The van der Waals surface area contributed by atoms with Crippen LogP contribution in [0, 0.1) is 11.3 Å². The van der Waals surface area contributed by atoms with Gasteiger partial charge >= 0.3 is 0 Å². The van der Waals surface area contributed by atoms with Gasteiger partial charge < -0.3 is 4.74 Å². The van der Waals surface area contributed by atoms with Gasteiger partial charge in [-0.25, -0.2) is 9.97 Å². The number of aromatic nitrogens is 2. The van der Waals surface area contributed by atoms with Crippen molar-refractivity contribution in [1.82, 2.24) is 9.97 Å². The fraction of sp³-hybridized carbons (Fsp3) is 0.444. The SMILES string of the molecule is N#Cc1cnc(C2CCOC2)nc1Cl. The molecule has 1 aromatic rings. The molecule has 0 spiro atoms. The van der Waals surface area contributed by atoms with Crippen molar-refractivity contribution in [3.8, 4) is 6.07 Å². The maximum absolute atomic E-state index is 8.64. The summed E-state index contributed by atoms with van der Waals surface area (Å²) in [5.74, 6) is 0.895. The Morgan fingerprint density at radius 1 is 1.64 bits per heavy atom. The van der Waals surface area contributed by atoms with E-state index >= 15 is 0 Å². The van der Waals surface area contributed by atoms with Gasteiger partial charge in [-0.05, 0) is 6.42 Å². The zero-order chi connectivity index (χ0) is 9.97. The molecule has 1 atom stereocenters. The Bertz CT molecular complexity index is 382. The molecule has 0 aromatic carbocycles. The van der Waals surface area contributed by atoms with Crippen LogP contribution in [0.15, 0.2) is 6.20 Å². The average Bonchev–Trinajstić information content (AvgIpc) is 2.70. The maximum atomic E-state index is 8.64. The third-order valence-electron chi connectivity index (χ3n) is 2.18. The highest BCUT2D eigenvalue weighted by molar-refractivity contribution is 6.30. The van der Waals surface area contributed by atoms with Crippen molar-refractivity contribution < 1.29 is 4.74 Å². The van der Waals surface area contributed by atoms with Crippen LogP contribution in [0.25, 0.3) is 0 Å². The fourth-order valence-corrected chi connectivity index (χ4v) is 1.56. The van der Waals surface area contributed by atoms with E-state index in [1.165, 1.54) is 6.20 Å². The topological polar surface area (TPSA) is 58.8 Å². The molecule has 0 aliphatic carbocycles.